The average Bonchev–Trinajstić information content (AvgIpc) is 2.40. The Labute approximate surface area is 142 Å². The van der Waals surface area contributed by atoms with E-state index in [1.165, 1.54) is 12.1 Å². The minimum Gasteiger partial charge on any atom is -0.444 e. The number of rotatable bonds is 6. The van der Waals surface area contributed by atoms with Crippen LogP contribution in [0.5, 0.6) is 0 Å². The molecule has 1 amide bonds. The summed E-state index contributed by atoms with van der Waals surface area (Å²) in [5.41, 5.74) is -0.0326. The SMILES string of the molecule is CC(C)C(CNC(=O)OC(C)(C)C)NCc1cc(Cl)ccc1F. The van der Waals surface area contributed by atoms with Gasteiger partial charge in [-0.2, -0.15) is 0 Å². The van der Waals surface area contributed by atoms with Crippen LogP contribution in [0.2, 0.25) is 5.02 Å². The quantitative estimate of drug-likeness (QED) is 0.816. The van der Waals surface area contributed by atoms with E-state index in [2.05, 4.69) is 10.6 Å². The maximum absolute atomic E-state index is 13.7. The van der Waals surface area contributed by atoms with E-state index in [4.69, 9.17) is 16.3 Å². The minimum absolute atomic E-state index is 0.0131. The van der Waals surface area contributed by atoms with Crippen LogP contribution in [0.1, 0.15) is 40.2 Å². The zero-order valence-corrected chi connectivity index (χ0v) is 15.1. The molecule has 0 saturated carbocycles. The van der Waals surface area contributed by atoms with E-state index in [0.29, 0.717) is 23.7 Å². The minimum atomic E-state index is -0.533. The molecule has 0 bridgehead atoms. The topological polar surface area (TPSA) is 50.4 Å². The standard InChI is InChI=1S/C17H26ClFN2O2/c1-11(2)15(10-21-16(22)23-17(3,4)5)20-9-12-8-13(18)6-7-14(12)19/h6-8,11,15,20H,9-10H2,1-5H3,(H,21,22). The van der Waals surface area contributed by atoms with Crippen LogP contribution in [-0.4, -0.2) is 24.3 Å². The Balaban J connectivity index is 2.56. The number of ether oxygens (including phenoxy) is 1. The molecule has 0 aliphatic carbocycles. The third kappa shape index (κ3) is 7.66. The van der Waals surface area contributed by atoms with Gasteiger partial charge in [0.1, 0.15) is 11.4 Å². The molecule has 1 unspecified atom stereocenters. The van der Waals surface area contributed by atoms with Crippen molar-refractivity contribution in [2.24, 2.45) is 5.92 Å². The number of alkyl carbamates (subject to hydrolysis) is 1. The van der Waals surface area contributed by atoms with Gasteiger partial charge in [0.2, 0.25) is 0 Å². The number of carbonyl (C=O) groups is 1. The van der Waals surface area contributed by atoms with E-state index < -0.39 is 11.7 Å². The van der Waals surface area contributed by atoms with Gasteiger partial charge in [-0.3, -0.25) is 0 Å². The van der Waals surface area contributed by atoms with Gasteiger partial charge in [-0.05, 0) is 44.9 Å². The summed E-state index contributed by atoms with van der Waals surface area (Å²) in [6.45, 7) is 10.2. The molecule has 0 fully saturated rings. The summed E-state index contributed by atoms with van der Waals surface area (Å²) in [4.78, 5) is 11.7. The highest BCUT2D eigenvalue weighted by Gasteiger charge is 2.19. The lowest BCUT2D eigenvalue weighted by Gasteiger charge is -2.25. The van der Waals surface area contributed by atoms with Crippen LogP contribution in [0.25, 0.3) is 0 Å². The van der Waals surface area contributed by atoms with E-state index >= 15 is 0 Å². The zero-order chi connectivity index (χ0) is 17.6. The third-order valence-electron chi connectivity index (χ3n) is 3.23. The highest BCUT2D eigenvalue weighted by atomic mass is 35.5. The molecule has 23 heavy (non-hydrogen) atoms. The van der Waals surface area contributed by atoms with Crippen molar-refractivity contribution in [1.29, 1.82) is 0 Å². The Morgan fingerprint density at radius 1 is 1.35 bits per heavy atom. The summed E-state index contributed by atoms with van der Waals surface area (Å²) in [5.74, 6) is -0.0447. The predicted octanol–water partition coefficient (Wildman–Crippen LogP) is 4.12. The van der Waals surface area contributed by atoms with E-state index in [0.717, 1.165) is 0 Å². The van der Waals surface area contributed by atoms with Gasteiger partial charge < -0.3 is 15.4 Å². The van der Waals surface area contributed by atoms with Crippen LogP contribution in [0, 0.1) is 11.7 Å². The molecule has 0 aliphatic heterocycles. The number of benzene rings is 1. The first-order valence-corrected chi connectivity index (χ1v) is 8.10. The number of nitrogens with one attached hydrogen (secondary N) is 2. The van der Waals surface area contributed by atoms with Crippen LogP contribution in [0.15, 0.2) is 18.2 Å². The molecule has 2 N–H and O–H groups in total. The fourth-order valence-electron chi connectivity index (χ4n) is 1.97. The molecule has 0 radical (unpaired) electrons. The molecule has 0 aromatic heterocycles. The Hall–Kier alpha value is -1.33. The molecule has 1 atom stereocenters. The maximum atomic E-state index is 13.7. The van der Waals surface area contributed by atoms with E-state index in [1.807, 2.05) is 34.6 Å². The van der Waals surface area contributed by atoms with E-state index in [-0.39, 0.29) is 17.8 Å². The molecule has 4 nitrogen and oxygen atoms in total. The highest BCUT2D eigenvalue weighted by Crippen LogP contribution is 2.15. The van der Waals surface area contributed by atoms with Crippen molar-refractivity contribution in [2.45, 2.75) is 52.8 Å². The summed E-state index contributed by atoms with van der Waals surface area (Å²) >= 11 is 5.89. The van der Waals surface area contributed by atoms with Gasteiger partial charge in [0, 0.05) is 29.7 Å². The lowest BCUT2D eigenvalue weighted by Crippen LogP contribution is -2.45. The highest BCUT2D eigenvalue weighted by molar-refractivity contribution is 6.30. The Kier molecular flexibility index (Phi) is 7.29. The Bertz CT molecular complexity index is 530. The van der Waals surface area contributed by atoms with Gasteiger partial charge in [-0.25, -0.2) is 9.18 Å². The average molecular weight is 345 g/mol. The number of carbonyl (C=O) groups excluding carboxylic acids is 1. The first kappa shape index (κ1) is 19.7. The second kappa shape index (κ2) is 8.50. The summed E-state index contributed by atoms with van der Waals surface area (Å²) in [6, 6.07) is 4.45. The van der Waals surface area contributed by atoms with Crippen molar-refractivity contribution in [1.82, 2.24) is 10.6 Å². The van der Waals surface area contributed by atoms with Crippen molar-refractivity contribution < 1.29 is 13.9 Å². The molecular formula is C17H26ClFN2O2. The lowest BCUT2D eigenvalue weighted by atomic mass is 10.0. The van der Waals surface area contributed by atoms with E-state index in [9.17, 15) is 9.18 Å². The van der Waals surface area contributed by atoms with Gasteiger partial charge >= 0.3 is 6.09 Å². The summed E-state index contributed by atoms with van der Waals surface area (Å²) < 4.78 is 18.9. The maximum Gasteiger partial charge on any atom is 0.407 e. The van der Waals surface area contributed by atoms with Crippen LogP contribution in [0.3, 0.4) is 0 Å². The van der Waals surface area contributed by atoms with Gasteiger partial charge in [0.25, 0.3) is 0 Å². The first-order chi connectivity index (χ1) is 10.6. The predicted molar refractivity (Wildman–Crippen MR) is 91.1 cm³/mol. The molecule has 1 rings (SSSR count). The summed E-state index contributed by atoms with van der Waals surface area (Å²) in [6.07, 6.45) is -0.459. The van der Waals surface area contributed by atoms with Gasteiger partial charge in [-0.15, -0.1) is 0 Å². The molecule has 1 aromatic carbocycles. The first-order valence-electron chi connectivity index (χ1n) is 7.72. The molecule has 0 spiro atoms. The molecule has 1 aromatic rings. The van der Waals surface area contributed by atoms with Crippen molar-refractivity contribution in [3.8, 4) is 0 Å². The molecular weight excluding hydrogens is 319 g/mol. The second-order valence-corrected chi connectivity index (χ2v) is 7.29. The zero-order valence-electron chi connectivity index (χ0n) is 14.4. The second-order valence-electron chi connectivity index (χ2n) is 6.85. The smallest absolute Gasteiger partial charge is 0.407 e. The number of amides is 1. The van der Waals surface area contributed by atoms with Crippen molar-refractivity contribution >= 4 is 17.7 Å². The molecule has 6 heteroatoms. The van der Waals surface area contributed by atoms with Gasteiger partial charge in [0.05, 0.1) is 0 Å². The largest absolute Gasteiger partial charge is 0.444 e. The van der Waals surface area contributed by atoms with E-state index in [1.54, 1.807) is 6.07 Å². The Morgan fingerprint density at radius 3 is 2.57 bits per heavy atom. The monoisotopic (exact) mass is 344 g/mol. The van der Waals surface area contributed by atoms with Crippen LogP contribution >= 0.6 is 11.6 Å². The summed E-state index contributed by atoms with van der Waals surface area (Å²) in [5, 5.41) is 6.49. The van der Waals surface area contributed by atoms with Gasteiger partial charge in [0.15, 0.2) is 0 Å². The normalized spacial score (nSPS) is 13.0. The summed E-state index contributed by atoms with van der Waals surface area (Å²) in [7, 11) is 0. The van der Waals surface area contributed by atoms with Crippen molar-refractivity contribution in [3.05, 3.63) is 34.6 Å². The fourth-order valence-corrected chi connectivity index (χ4v) is 2.17. The third-order valence-corrected chi connectivity index (χ3v) is 3.47. The lowest BCUT2D eigenvalue weighted by molar-refractivity contribution is 0.0519. The fraction of sp³-hybridized carbons (Fsp3) is 0.588. The van der Waals surface area contributed by atoms with Crippen molar-refractivity contribution in [3.63, 3.8) is 0 Å². The molecule has 130 valence electrons. The molecule has 0 heterocycles. The number of hydrogen-bond acceptors (Lipinski definition) is 3. The van der Waals surface area contributed by atoms with Gasteiger partial charge in [-0.1, -0.05) is 25.4 Å². The van der Waals surface area contributed by atoms with Crippen molar-refractivity contribution in [2.75, 3.05) is 6.54 Å². The van der Waals surface area contributed by atoms with Crippen LogP contribution < -0.4 is 10.6 Å². The van der Waals surface area contributed by atoms with Crippen LogP contribution in [-0.2, 0) is 11.3 Å². The number of hydrogen-bond donors (Lipinski definition) is 2. The Morgan fingerprint density at radius 2 is 2.00 bits per heavy atom. The molecule has 0 saturated heterocycles. The number of halogens is 2. The molecule has 0 aliphatic rings. The van der Waals surface area contributed by atoms with Crippen LogP contribution in [0.4, 0.5) is 9.18 Å².